The number of rotatable bonds is 9. The summed E-state index contributed by atoms with van der Waals surface area (Å²) in [6, 6.07) is 10.8. The summed E-state index contributed by atoms with van der Waals surface area (Å²) in [4.78, 5) is 61.0. The number of esters is 2. The first-order valence-corrected chi connectivity index (χ1v) is 16.0. The first-order chi connectivity index (χ1) is 24.6. The molecule has 0 aromatic heterocycles. The maximum atomic E-state index is 13.5. The van der Waals surface area contributed by atoms with E-state index in [0.29, 0.717) is 12.1 Å². The minimum absolute atomic E-state index is 0.00786. The number of carbonyl (C=O) groups is 5. The zero-order valence-corrected chi connectivity index (χ0v) is 27.3. The van der Waals surface area contributed by atoms with Crippen LogP contribution in [0.1, 0.15) is 79.1 Å². The third-order valence-corrected chi connectivity index (χ3v) is 8.33. The SMILES string of the molecule is O=C(N[C@@H]1CNC[C@H]1OC(=O)c1cc(O)c(C(=O)c2c(O)cccc2C(=O)OCC2CCCCC2)c(O)c1)c1ccc(O)cc1.O=C(O)C(F)(F)F. The van der Waals surface area contributed by atoms with E-state index in [1.165, 1.54) is 42.5 Å². The third-order valence-electron chi connectivity index (χ3n) is 8.33. The molecule has 1 saturated carbocycles. The Balaban J connectivity index is 0.000000785. The number of aliphatic carboxylic acids is 1. The van der Waals surface area contributed by atoms with Crippen LogP contribution in [0.2, 0.25) is 0 Å². The van der Waals surface area contributed by atoms with Gasteiger partial charge < -0.3 is 45.6 Å². The van der Waals surface area contributed by atoms with Crippen molar-refractivity contribution in [2.24, 2.45) is 5.92 Å². The molecular weight excluding hydrogens is 697 g/mol. The van der Waals surface area contributed by atoms with Crippen LogP contribution in [-0.2, 0) is 14.3 Å². The zero-order chi connectivity index (χ0) is 38.2. The molecule has 278 valence electrons. The van der Waals surface area contributed by atoms with Crippen LogP contribution in [-0.4, -0.2) is 93.1 Å². The molecule has 17 heteroatoms. The summed E-state index contributed by atoms with van der Waals surface area (Å²) in [6.07, 6.45) is -0.777. The lowest BCUT2D eigenvalue weighted by atomic mass is 9.90. The highest BCUT2D eigenvalue weighted by atomic mass is 19.4. The number of aromatic hydroxyl groups is 4. The molecule has 1 heterocycles. The molecule has 5 rings (SSSR count). The third kappa shape index (κ3) is 9.90. The van der Waals surface area contributed by atoms with Crippen LogP contribution in [0.3, 0.4) is 0 Å². The molecule has 0 spiro atoms. The number of phenols is 4. The van der Waals surface area contributed by atoms with Gasteiger partial charge in [0.25, 0.3) is 5.91 Å². The van der Waals surface area contributed by atoms with Crippen molar-refractivity contribution >= 4 is 29.6 Å². The molecule has 3 aromatic carbocycles. The van der Waals surface area contributed by atoms with Crippen molar-refractivity contribution in [1.82, 2.24) is 10.6 Å². The Kier molecular flexibility index (Phi) is 12.7. The molecule has 7 N–H and O–H groups in total. The van der Waals surface area contributed by atoms with Gasteiger partial charge in [-0.3, -0.25) is 9.59 Å². The zero-order valence-electron chi connectivity index (χ0n) is 27.3. The molecule has 2 aliphatic rings. The van der Waals surface area contributed by atoms with Crippen LogP contribution in [0.5, 0.6) is 23.0 Å². The average Bonchev–Trinajstić information content (AvgIpc) is 3.53. The van der Waals surface area contributed by atoms with Gasteiger partial charge in [0.15, 0.2) is 0 Å². The van der Waals surface area contributed by atoms with Crippen LogP contribution in [0, 0.1) is 5.92 Å². The number of ether oxygens (including phenoxy) is 2. The normalized spacial score (nSPS) is 17.3. The molecular formula is C35H35F3N2O12. The molecule has 14 nitrogen and oxygen atoms in total. The van der Waals surface area contributed by atoms with Gasteiger partial charge in [-0.2, -0.15) is 13.2 Å². The number of carbonyl (C=O) groups excluding carboxylic acids is 4. The van der Waals surface area contributed by atoms with Crippen molar-refractivity contribution in [3.05, 3.63) is 82.4 Å². The average molecular weight is 733 g/mol. The minimum atomic E-state index is -5.08. The molecule has 1 aliphatic carbocycles. The van der Waals surface area contributed by atoms with Crippen molar-refractivity contribution in [1.29, 1.82) is 0 Å². The van der Waals surface area contributed by atoms with Crippen LogP contribution < -0.4 is 10.6 Å². The number of benzene rings is 3. The Morgan fingerprint density at radius 1 is 0.788 bits per heavy atom. The lowest BCUT2D eigenvalue weighted by molar-refractivity contribution is -0.192. The Morgan fingerprint density at radius 2 is 1.40 bits per heavy atom. The molecule has 0 radical (unpaired) electrons. The maximum Gasteiger partial charge on any atom is 0.490 e. The van der Waals surface area contributed by atoms with E-state index in [4.69, 9.17) is 19.4 Å². The number of carboxylic acids is 1. The number of halogens is 3. The van der Waals surface area contributed by atoms with Crippen molar-refractivity contribution in [3.8, 4) is 23.0 Å². The highest BCUT2D eigenvalue weighted by Gasteiger charge is 2.38. The largest absolute Gasteiger partial charge is 0.508 e. The minimum Gasteiger partial charge on any atom is -0.508 e. The van der Waals surface area contributed by atoms with Gasteiger partial charge in [-0.25, -0.2) is 14.4 Å². The van der Waals surface area contributed by atoms with Crippen molar-refractivity contribution < 1.29 is 72.2 Å². The Labute approximate surface area is 293 Å². The molecule has 2 fully saturated rings. The fourth-order valence-electron chi connectivity index (χ4n) is 5.65. The van der Waals surface area contributed by atoms with E-state index in [1.54, 1.807) is 0 Å². The number of hydrogen-bond donors (Lipinski definition) is 7. The van der Waals surface area contributed by atoms with Crippen LogP contribution >= 0.6 is 0 Å². The van der Waals surface area contributed by atoms with E-state index in [9.17, 15) is 52.8 Å². The Hall–Kier alpha value is -5.84. The number of alkyl halides is 3. The first-order valence-electron chi connectivity index (χ1n) is 16.0. The van der Waals surface area contributed by atoms with E-state index >= 15 is 0 Å². The van der Waals surface area contributed by atoms with Gasteiger partial charge in [-0.05, 0) is 67.3 Å². The summed E-state index contributed by atoms with van der Waals surface area (Å²) in [5.74, 6) is -7.90. The Bertz CT molecular complexity index is 1780. The number of hydrogen-bond acceptors (Lipinski definition) is 12. The molecule has 0 bridgehead atoms. The van der Waals surface area contributed by atoms with Crippen LogP contribution in [0.25, 0.3) is 0 Å². The van der Waals surface area contributed by atoms with Gasteiger partial charge >= 0.3 is 24.1 Å². The summed E-state index contributed by atoms with van der Waals surface area (Å²) in [6.45, 7) is 0.693. The van der Waals surface area contributed by atoms with E-state index in [0.717, 1.165) is 44.2 Å². The van der Waals surface area contributed by atoms with E-state index in [-0.39, 0.29) is 35.9 Å². The highest BCUT2D eigenvalue weighted by Crippen LogP contribution is 2.35. The summed E-state index contributed by atoms with van der Waals surface area (Å²) in [7, 11) is 0. The summed E-state index contributed by atoms with van der Waals surface area (Å²) in [5, 5.41) is 54.4. The van der Waals surface area contributed by atoms with Gasteiger partial charge in [0.1, 0.15) is 34.7 Å². The fraction of sp³-hybridized carbons (Fsp3) is 0.343. The fourth-order valence-corrected chi connectivity index (χ4v) is 5.65. The molecule has 2 atom stereocenters. The second-order valence-corrected chi connectivity index (χ2v) is 12.1. The van der Waals surface area contributed by atoms with Gasteiger partial charge in [-0.15, -0.1) is 0 Å². The summed E-state index contributed by atoms with van der Waals surface area (Å²) >= 11 is 0. The monoisotopic (exact) mass is 732 g/mol. The molecule has 1 amide bonds. The van der Waals surface area contributed by atoms with Crippen molar-refractivity contribution in [2.45, 2.75) is 50.4 Å². The van der Waals surface area contributed by atoms with Gasteiger partial charge in [0.05, 0.1) is 29.3 Å². The number of nitrogens with one attached hydrogen (secondary N) is 2. The van der Waals surface area contributed by atoms with E-state index < -0.39 is 76.3 Å². The number of amides is 1. The number of carboxylic acid groups (broad SMARTS) is 1. The molecule has 52 heavy (non-hydrogen) atoms. The second kappa shape index (κ2) is 16.9. The van der Waals surface area contributed by atoms with E-state index in [1.807, 2.05) is 0 Å². The van der Waals surface area contributed by atoms with Crippen molar-refractivity contribution in [2.75, 3.05) is 19.7 Å². The van der Waals surface area contributed by atoms with Crippen LogP contribution in [0.15, 0.2) is 54.6 Å². The standard InChI is InChI=1S/C33H34N2O10.C2HF3O2/c36-21-11-9-19(10-12-21)31(41)35-23-15-34-16-27(23)45-32(42)20-13-25(38)29(26(39)14-20)30(40)28-22(7-4-8-24(28)37)33(43)44-17-18-5-2-1-3-6-18;3-2(4,5)1(6)7/h4,7-14,18,23,27,34,36-39H,1-3,5-6,15-17H2,(H,35,41);(H,6,7)/t23-,27-;/m1./s1. The molecule has 1 aliphatic heterocycles. The molecule has 3 aromatic rings. The van der Waals surface area contributed by atoms with Crippen LogP contribution in [0.4, 0.5) is 13.2 Å². The number of ketones is 1. The lowest BCUT2D eigenvalue weighted by Crippen LogP contribution is -2.44. The number of phenolic OH excluding ortho intramolecular Hbond substituents is 4. The molecule has 0 unspecified atom stereocenters. The van der Waals surface area contributed by atoms with Crippen molar-refractivity contribution in [3.63, 3.8) is 0 Å². The summed E-state index contributed by atoms with van der Waals surface area (Å²) in [5.41, 5.74) is -1.30. The maximum absolute atomic E-state index is 13.5. The quantitative estimate of drug-likeness (QED) is 0.122. The predicted molar refractivity (Wildman–Crippen MR) is 173 cm³/mol. The summed E-state index contributed by atoms with van der Waals surface area (Å²) < 4.78 is 42.7. The second-order valence-electron chi connectivity index (χ2n) is 12.1. The molecule has 1 saturated heterocycles. The topological polar surface area (TPSA) is 229 Å². The predicted octanol–water partition coefficient (Wildman–Crippen LogP) is 4.04. The smallest absolute Gasteiger partial charge is 0.490 e. The first kappa shape index (κ1) is 39.0. The van der Waals surface area contributed by atoms with Gasteiger partial charge in [-0.1, -0.05) is 25.3 Å². The highest BCUT2D eigenvalue weighted by molar-refractivity contribution is 6.18. The Morgan fingerprint density at radius 3 is 2.00 bits per heavy atom. The van der Waals surface area contributed by atoms with E-state index in [2.05, 4.69) is 10.6 Å². The van der Waals surface area contributed by atoms with Gasteiger partial charge in [0, 0.05) is 18.7 Å². The lowest BCUT2D eigenvalue weighted by Gasteiger charge is -2.21. The van der Waals surface area contributed by atoms with Gasteiger partial charge in [0.2, 0.25) is 5.78 Å².